The number of ether oxygens (including phenoxy) is 1. The number of nitrogens with one attached hydrogen (secondary N) is 1. The van der Waals surface area contributed by atoms with Crippen molar-refractivity contribution in [2.24, 2.45) is 0 Å². The second-order valence-electron chi connectivity index (χ2n) is 5.81. The Labute approximate surface area is 170 Å². The molecule has 3 rings (SSSR count). The number of pyridine rings is 2. The lowest BCUT2D eigenvalue weighted by atomic mass is 10.0. The summed E-state index contributed by atoms with van der Waals surface area (Å²) in [5.41, 5.74) is 4.63. The Hall–Kier alpha value is -2.99. The van der Waals surface area contributed by atoms with Crippen molar-refractivity contribution < 1.29 is 9.53 Å². The van der Waals surface area contributed by atoms with Gasteiger partial charge in [-0.25, -0.2) is 0 Å². The molecule has 0 radical (unpaired) electrons. The highest BCUT2D eigenvalue weighted by atomic mass is 127. The van der Waals surface area contributed by atoms with Crippen molar-refractivity contribution in [3.63, 3.8) is 0 Å². The number of hydrogen-bond donors (Lipinski definition) is 1. The van der Waals surface area contributed by atoms with Gasteiger partial charge in [0.25, 0.3) is 5.91 Å². The predicted molar refractivity (Wildman–Crippen MR) is 109 cm³/mol. The number of aryl methyl sites for hydroxylation is 1. The first-order valence-corrected chi connectivity index (χ1v) is 9.13. The van der Waals surface area contributed by atoms with Crippen LogP contribution in [0.25, 0.3) is 11.3 Å². The summed E-state index contributed by atoms with van der Waals surface area (Å²) in [6, 6.07) is 13.1. The highest BCUT2D eigenvalue weighted by Crippen LogP contribution is 2.22. The molecule has 0 aliphatic carbocycles. The summed E-state index contributed by atoms with van der Waals surface area (Å²) in [6.07, 6.45) is 4.78. The highest BCUT2D eigenvalue weighted by molar-refractivity contribution is 14.1. The van der Waals surface area contributed by atoms with E-state index in [0.717, 1.165) is 22.4 Å². The van der Waals surface area contributed by atoms with Crippen molar-refractivity contribution in [2.75, 3.05) is 0 Å². The Morgan fingerprint density at radius 3 is 2.85 bits per heavy atom. The molecule has 134 valence electrons. The zero-order valence-corrected chi connectivity index (χ0v) is 16.6. The molecule has 2 heterocycles. The molecule has 27 heavy (non-hydrogen) atoms. The fourth-order valence-electron chi connectivity index (χ4n) is 2.58. The molecule has 1 amide bonds. The molecule has 0 spiro atoms. The van der Waals surface area contributed by atoms with Crippen LogP contribution in [0.5, 0.6) is 5.75 Å². The first-order valence-electron chi connectivity index (χ1n) is 8.05. The first kappa shape index (κ1) is 18.8. The number of hydrogen-bond acceptors (Lipinski definition) is 5. The van der Waals surface area contributed by atoms with E-state index >= 15 is 0 Å². The summed E-state index contributed by atoms with van der Waals surface area (Å²) in [5, 5.41) is 8.92. The number of benzene rings is 1. The first-order chi connectivity index (χ1) is 13.1. The molecular weight excluding hydrogens is 455 g/mol. The number of nitriles is 1. The van der Waals surface area contributed by atoms with Crippen LogP contribution in [0.4, 0.5) is 0 Å². The second-order valence-corrected chi connectivity index (χ2v) is 6.35. The van der Waals surface area contributed by atoms with Crippen molar-refractivity contribution in [2.45, 2.75) is 13.5 Å². The van der Waals surface area contributed by atoms with E-state index in [1.807, 2.05) is 60.1 Å². The van der Waals surface area contributed by atoms with Crippen LogP contribution in [-0.4, -0.2) is 15.9 Å². The van der Waals surface area contributed by atoms with Gasteiger partial charge in [0.1, 0.15) is 18.4 Å². The molecule has 3 aromatic rings. The molecule has 0 saturated carbocycles. The zero-order chi connectivity index (χ0) is 19.2. The van der Waals surface area contributed by atoms with Crippen LogP contribution < -0.4 is 8.27 Å². The van der Waals surface area contributed by atoms with Gasteiger partial charge in [-0.3, -0.25) is 18.3 Å². The SMILES string of the molecule is Cc1cc(-c2cc(COc3cncc(C#N)c3)ccn2)ccc1C(=O)NI. The van der Waals surface area contributed by atoms with Crippen LogP contribution in [-0.2, 0) is 6.61 Å². The summed E-state index contributed by atoms with van der Waals surface area (Å²) in [5.74, 6) is 0.417. The van der Waals surface area contributed by atoms with Gasteiger partial charge in [0.2, 0.25) is 0 Å². The minimum Gasteiger partial charge on any atom is -0.487 e. The maximum Gasteiger partial charge on any atom is 0.260 e. The number of amides is 1. The summed E-state index contributed by atoms with van der Waals surface area (Å²) in [6.45, 7) is 2.23. The maximum absolute atomic E-state index is 11.8. The molecule has 0 bridgehead atoms. The Morgan fingerprint density at radius 2 is 2.11 bits per heavy atom. The van der Waals surface area contributed by atoms with E-state index in [0.29, 0.717) is 23.5 Å². The molecule has 1 N–H and O–H groups in total. The molecule has 0 saturated heterocycles. The smallest absolute Gasteiger partial charge is 0.260 e. The van der Waals surface area contributed by atoms with Gasteiger partial charge in [-0.05, 0) is 42.3 Å². The van der Waals surface area contributed by atoms with E-state index in [1.165, 1.54) is 6.20 Å². The largest absolute Gasteiger partial charge is 0.487 e. The Kier molecular flexibility index (Phi) is 5.98. The van der Waals surface area contributed by atoms with Crippen molar-refractivity contribution >= 4 is 28.8 Å². The van der Waals surface area contributed by atoms with E-state index in [9.17, 15) is 4.79 Å². The molecule has 6 nitrogen and oxygen atoms in total. The number of carbonyl (C=O) groups is 1. The molecular formula is C20H15IN4O2. The molecule has 0 atom stereocenters. The predicted octanol–water partition coefficient (Wildman–Crippen LogP) is 3.98. The summed E-state index contributed by atoms with van der Waals surface area (Å²) in [7, 11) is 0. The van der Waals surface area contributed by atoms with Crippen molar-refractivity contribution in [3.8, 4) is 23.1 Å². The van der Waals surface area contributed by atoms with E-state index in [-0.39, 0.29) is 5.91 Å². The number of rotatable bonds is 5. The third-order valence-corrected chi connectivity index (χ3v) is 4.41. The van der Waals surface area contributed by atoms with Crippen LogP contribution in [0, 0.1) is 18.3 Å². The molecule has 0 aliphatic heterocycles. The van der Waals surface area contributed by atoms with Gasteiger partial charge in [0.15, 0.2) is 0 Å². The van der Waals surface area contributed by atoms with Gasteiger partial charge in [-0.1, -0.05) is 6.07 Å². The normalized spacial score (nSPS) is 10.1. The Morgan fingerprint density at radius 1 is 1.26 bits per heavy atom. The second kappa shape index (κ2) is 8.60. The average Bonchev–Trinajstić information content (AvgIpc) is 2.72. The number of carbonyl (C=O) groups excluding carboxylic acids is 1. The van der Waals surface area contributed by atoms with Crippen LogP contribution in [0.2, 0.25) is 0 Å². The quantitative estimate of drug-likeness (QED) is 0.450. The topological polar surface area (TPSA) is 87.9 Å². The van der Waals surface area contributed by atoms with Gasteiger partial charge in [-0.2, -0.15) is 5.26 Å². The van der Waals surface area contributed by atoms with E-state index in [4.69, 9.17) is 10.00 Å². The number of nitrogens with zero attached hydrogens (tertiary/aromatic N) is 3. The third kappa shape index (κ3) is 4.60. The van der Waals surface area contributed by atoms with Gasteiger partial charge in [0, 0.05) is 29.6 Å². The van der Waals surface area contributed by atoms with E-state index < -0.39 is 0 Å². The van der Waals surface area contributed by atoms with Crippen LogP contribution in [0.1, 0.15) is 27.0 Å². The van der Waals surface area contributed by atoms with Crippen molar-refractivity contribution in [3.05, 3.63) is 77.2 Å². The van der Waals surface area contributed by atoms with Crippen molar-refractivity contribution in [1.29, 1.82) is 5.26 Å². The summed E-state index contributed by atoms with van der Waals surface area (Å²) in [4.78, 5) is 20.2. The lowest BCUT2D eigenvalue weighted by Gasteiger charge is -2.09. The van der Waals surface area contributed by atoms with Crippen LogP contribution in [0.3, 0.4) is 0 Å². The van der Waals surface area contributed by atoms with Gasteiger partial charge >= 0.3 is 0 Å². The zero-order valence-electron chi connectivity index (χ0n) is 14.4. The molecule has 0 fully saturated rings. The van der Waals surface area contributed by atoms with Gasteiger partial charge < -0.3 is 4.74 Å². The number of halogens is 1. The van der Waals surface area contributed by atoms with Crippen molar-refractivity contribution in [1.82, 2.24) is 13.5 Å². The summed E-state index contributed by atoms with van der Waals surface area (Å²) < 4.78 is 8.32. The Bertz CT molecular complexity index is 1030. The minimum atomic E-state index is -0.122. The average molecular weight is 470 g/mol. The van der Waals surface area contributed by atoms with Gasteiger partial charge in [0.05, 0.1) is 40.3 Å². The maximum atomic E-state index is 11.8. The minimum absolute atomic E-state index is 0.122. The van der Waals surface area contributed by atoms with E-state index in [1.54, 1.807) is 24.5 Å². The lowest BCUT2D eigenvalue weighted by molar-refractivity contribution is 0.0989. The standard InChI is InChI=1S/C20H15IN4O2/c1-13-6-16(2-3-18(13)20(26)25-21)19-8-14(4-5-24-19)12-27-17-7-15(9-22)10-23-11-17/h2-8,10-11H,12H2,1H3,(H,25,26). The lowest BCUT2D eigenvalue weighted by Crippen LogP contribution is -2.13. The van der Waals surface area contributed by atoms with E-state index in [2.05, 4.69) is 13.5 Å². The molecule has 0 aliphatic rings. The fraction of sp³-hybridized carbons (Fsp3) is 0.100. The highest BCUT2D eigenvalue weighted by Gasteiger charge is 2.10. The summed E-state index contributed by atoms with van der Waals surface area (Å²) >= 11 is 1.83. The molecule has 1 aromatic carbocycles. The molecule has 7 heteroatoms. The Balaban J connectivity index is 1.78. The fourth-order valence-corrected chi connectivity index (χ4v) is 2.87. The van der Waals surface area contributed by atoms with Crippen LogP contribution in [0.15, 0.2) is 55.0 Å². The third-order valence-electron chi connectivity index (χ3n) is 3.92. The number of aromatic nitrogens is 2. The van der Waals surface area contributed by atoms with Gasteiger partial charge in [-0.15, -0.1) is 0 Å². The molecule has 2 aromatic heterocycles. The monoisotopic (exact) mass is 470 g/mol. The van der Waals surface area contributed by atoms with Crippen LogP contribution >= 0.6 is 22.9 Å². The molecule has 0 unspecified atom stereocenters.